The monoisotopic (exact) mass is 452 g/mol. The van der Waals surface area contributed by atoms with Crippen molar-refractivity contribution in [2.45, 2.75) is 71.6 Å². The van der Waals surface area contributed by atoms with Crippen molar-refractivity contribution >= 4 is 0 Å². The lowest BCUT2D eigenvalue weighted by atomic mass is 9.80. The van der Waals surface area contributed by atoms with Crippen LogP contribution in [0.3, 0.4) is 0 Å². The van der Waals surface area contributed by atoms with Gasteiger partial charge in [-0.3, -0.25) is 0 Å². The Bertz CT molecular complexity index is 1020. The average molecular weight is 453 g/mol. The minimum Gasteiger partial charge on any atom is -0.406 e. The van der Waals surface area contributed by atoms with E-state index in [2.05, 4.69) is 35.3 Å². The fraction of sp³-hybridized carbons (Fsp3) is 0.448. The molecule has 0 unspecified atom stereocenters. The predicted molar refractivity (Wildman–Crippen MR) is 127 cm³/mol. The number of halogens is 3. The summed E-state index contributed by atoms with van der Waals surface area (Å²) in [6.45, 7) is 4.29. The molecule has 2 aromatic rings. The predicted octanol–water partition coefficient (Wildman–Crippen LogP) is 8.03. The van der Waals surface area contributed by atoms with Crippen LogP contribution in [0.2, 0.25) is 0 Å². The third kappa shape index (κ3) is 8.54. The number of aryl methyl sites for hydroxylation is 1. The van der Waals surface area contributed by atoms with E-state index < -0.39 is 6.36 Å². The molecule has 0 atom stereocenters. The molecular formula is C29H31F3O. The molecule has 0 aromatic heterocycles. The first kappa shape index (κ1) is 24.8. The van der Waals surface area contributed by atoms with Crippen LogP contribution in [0.4, 0.5) is 13.2 Å². The normalized spacial score (nSPS) is 18.0. The molecule has 1 saturated carbocycles. The summed E-state index contributed by atoms with van der Waals surface area (Å²) in [5, 5.41) is 0. The maximum Gasteiger partial charge on any atom is 0.573 e. The molecule has 2 aromatic carbocycles. The largest absolute Gasteiger partial charge is 0.573 e. The Morgan fingerprint density at radius 3 is 2.18 bits per heavy atom. The van der Waals surface area contributed by atoms with Gasteiger partial charge in [-0.2, -0.15) is 0 Å². The molecule has 1 aliphatic carbocycles. The van der Waals surface area contributed by atoms with Crippen molar-refractivity contribution in [3.05, 3.63) is 64.7 Å². The number of unbranched alkanes of at least 4 members (excludes halogenated alkanes) is 2. The van der Waals surface area contributed by atoms with Gasteiger partial charge < -0.3 is 4.74 Å². The zero-order valence-electron chi connectivity index (χ0n) is 19.4. The van der Waals surface area contributed by atoms with Crippen LogP contribution in [0.1, 0.15) is 80.5 Å². The van der Waals surface area contributed by atoms with E-state index >= 15 is 0 Å². The van der Waals surface area contributed by atoms with Crippen LogP contribution < -0.4 is 4.74 Å². The number of ether oxygens (including phenoxy) is 1. The highest BCUT2D eigenvalue weighted by Gasteiger charge is 2.30. The van der Waals surface area contributed by atoms with Gasteiger partial charge in [-0.25, -0.2) is 0 Å². The van der Waals surface area contributed by atoms with Gasteiger partial charge in [-0.1, -0.05) is 56.3 Å². The Kier molecular flexibility index (Phi) is 8.90. The Hall–Kier alpha value is -2.85. The molecule has 0 spiro atoms. The highest BCUT2D eigenvalue weighted by atomic mass is 19.4. The van der Waals surface area contributed by atoms with Crippen LogP contribution in [0, 0.1) is 42.4 Å². The standard InChI is InChI=1S/C29H31F3O/c1-3-4-5-6-23-7-9-24(10-8-23)13-17-27-18-14-26(21-22(27)2)12-11-25-15-19-28(20-16-25)33-29(30,31)32/h14-16,18-21,23-24H,3-10H2,1-2H3. The summed E-state index contributed by atoms with van der Waals surface area (Å²) in [6, 6.07) is 11.5. The first-order valence-corrected chi connectivity index (χ1v) is 11.8. The van der Waals surface area contributed by atoms with Crippen molar-refractivity contribution in [3.63, 3.8) is 0 Å². The molecule has 4 heteroatoms. The van der Waals surface area contributed by atoms with Gasteiger partial charge in [0.25, 0.3) is 0 Å². The van der Waals surface area contributed by atoms with E-state index in [-0.39, 0.29) is 5.75 Å². The quantitative estimate of drug-likeness (QED) is 0.330. The molecule has 0 radical (unpaired) electrons. The molecular weight excluding hydrogens is 421 g/mol. The third-order valence-corrected chi connectivity index (χ3v) is 6.14. The van der Waals surface area contributed by atoms with Crippen LogP contribution >= 0.6 is 0 Å². The minimum absolute atomic E-state index is 0.253. The van der Waals surface area contributed by atoms with Crippen molar-refractivity contribution in [1.29, 1.82) is 0 Å². The van der Waals surface area contributed by atoms with E-state index in [1.165, 1.54) is 75.6 Å². The molecule has 1 aliphatic rings. The maximum atomic E-state index is 12.3. The highest BCUT2D eigenvalue weighted by Crippen LogP contribution is 2.31. The summed E-state index contributed by atoms with van der Waals surface area (Å²) in [5.74, 6) is 14.0. The molecule has 0 saturated heterocycles. The van der Waals surface area contributed by atoms with E-state index in [0.29, 0.717) is 11.5 Å². The number of alkyl halides is 3. The van der Waals surface area contributed by atoms with Gasteiger partial charge in [0.15, 0.2) is 0 Å². The van der Waals surface area contributed by atoms with E-state index in [1.807, 2.05) is 25.1 Å². The fourth-order valence-electron chi connectivity index (χ4n) is 4.22. The molecule has 174 valence electrons. The summed E-state index contributed by atoms with van der Waals surface area (Å²) >= 11 is 0. The van der Waals surface area contributed by atoms with E-state index in [0.717, 1.165) is 22.6 Å². The number of hydrogen-bond donors (Lipinski definition) is 0. The molecule has 0 heterocycles. The van der Waals surface area contributed by atoms with Crippen molar-refractivity contribution in [3.8, 4) is 29.4 Å². The summed E-state index contributed by atoms with van der Waals surface area (Å²) in [6.07, 6.45) is 5.72. The van der Waals surface area contributed by atoms with Crippen LogP contribution in [0.25, 0.3) is 0 Å². The molecule has 1 fully saturated rings. The zero-order chi connectivity index (χ0) is 23.7. The second-order valence-corrected chi connectivity index (χ2v) is 8.83. The van der Waals surface area contributed by atoms with Gasteiger partial charge in [0.1, 0.15) is 5.75 Å². The first-order chi connectivity index (χ1) is 15.8. The summed E-state index contributed by atoms with van der Waals surface area (Å²) in [7, 11) is 0. The van der Waals surface area contributed by atoms with E-state index in [1.54, 1.807) is 0 Å². The SMILES string of the molecule is CCCCCC1CCC(C#Cc2ccc(C#Cc3ccc(OC(F)(F)F)cc3)cc2C)CC1. The van der Waals surface area contributed by atoms with Gasteiger partial charge in [0.2, 0.25) is 0 Å². The van der Waals surface area contributed by atoms with Crippen molar-refractivity contribution in [2.24, 2.45) is 11.8 Å². The van der Waals surface area contributed by atoms with Gasteiger partial charge in [0, 0.05) is 22.6 Å². The van der Waals surface area contributed by atoms with Crippen molar-refractivity contribution in [2.75, 3.05) is 0 Å². The minimum atomic E-state index is -4.69. The topological polar surface area (TPSA) is 9.23 Å². The van der Waals surface area contributed by atoms with Gasteiger partial charge in [-0.05, 0) is 86.6 Å². The number of benzene rings is 2. The Balaban J connectivity index is 1.55. The molecule has 1 nitrogen and oxygen atoms in total. The van der Waals surface area contributed by atoms with E-state index in [4.69, 9.17) is 0 Å². The highest BCUT2D eigenvalue weighted by molar-refractivity contribution is 5.50. The molecule has 3 rings (SSSR count). The van der Waals surface area contributed by atoms with Gasteiger partial charge in [-0.15, -0.1) is 13.2 Å². The molecule has 0 aliphatic heterocycles. The smallest absolute Gasteiger partial charge is 0.406 e. The lowest BCUT2D eigenvalue weighted by Gasteiger charge is -2.25. The van der Waals surface area contributed by atoms with Crippen molar-refractivity contribution < 1.29 is 17.9 Å². The number of rotatable bonds is 5. The molecule has 0 amide bonds. The third-order valence-electron chi connectivity index (χ3n) is 6.14. The maximum absolute atomic E-state index is 12.3. The van der Waals surface area contributed by atoms with Crippen LogP contribution in [-0.2, 0) is 0 Å². The lowest BCUT2D eigenvalue weighted by Crippen LogP contribution is -2.16. The Labute approximate surface area is 195 Å². The second-order valence-electron chi connectivity index (χ2n) is 8.83. The van der Waals surface area contributed by atoms with Crippen molar-refractivity contribution in [1.82, 2.24) is 0 Å². The Morgan fingerprint density at radius 1 is 0.879 bits per heavy atom. The number of hydrogen-bond acceptors (Lipinski definition) is 1. The van der Waals surface area contributed by atoms with Gasteiger partial charge >= 0.3 is 6.36 Å². The van der Waals surface area contributed by atoms with Crippen LogP contribution in [-0.4, -0.2) is 6.36 Å². The van der Waals surface area contributed by atoms with E-state index in [9.17, 15) is 13.2 Å². The first-order valence-electron chi connectivity index (χ1n) is 11.8. The average Bonchev–Trinajstić information content (AvgIpc) is 2.78. The summed E-state index contributed by atoms with van der Waals surface area (Å²) < 4.78 is 40.6. The summed E-state index contributed by atoms with van der Waals surface area (Å²) in [4.78, 5) is 0. The summed E-state index contributed by atoms with van der Waals surface area (Å²) in [5.41, 5.74) is 3.58. The molecule has 33 heavy (non-hydrogen) atoms. The second kappa shape index (κ2) is 11.9. The molecule has 0 N–H and O–H groups in total. The Morgan fingerprint density at radius 2 is 1.55 bits per heavy atom. The zero-order valence-corrected chi connectivity index (χ0v) is 19.4. The van der Waals surface area contributed by atoms with Crippen LogP contribution in [0.5, 0.6) is 5.75 Å². The molecule has 0 bridgehead atoms. The van der Waals surface area contributed by atoms with Gasteiger partial charge in [0.05, 0.1) is 0 Å². The fourth-order valence-corrected chi connectivity index (χ4v) is 4.22. The van der Waals surface area contributed by atoms with Crippen LogP contribution in [0.15, 0.2) is 42.5 Å². The lowest BCUT2D eigenvalue weighted by molar-refractivity contribution is -0.274.